The van der Waals surface area contributed by atoms with Crippen molar-refractivity contribution in [2.24, 2.45) is 0 Å². The highest BCUT2D eigenvalue weighted by Crippen LogP contribution is 2.33. The molecule has 10 heteroatoms. The first-order valence-electron chi connectivity index (χ1n) is 7.28. The summed E-state index contributed by atoms with van der Waals surface area (Å²) in [4.78, 5) is -0.0704. The van der Waals surface area contributed by atoms with Gasteiger partial charge < -0.3 is 0 Å². The van der Waals surface area contributed by atoms with Gasteiger partial charge in [0.25, 0.3) is 10.0 Å². The molecule has 0 saturated carbocycles. The molecule has 2 aromatic carbocycles. The molecule has 1 aliphatic rings. The number of hydrogen-bond acceptors (Lipinski definition) is 4. The van der Waals surface area contributed by atoms with Crippen molar-refractivity contribution in [2.75, 3.05) is 21.3 Å². The van der Waals surface area contributed by atoms with Crippen LogP contribution < -0.4 is 9.03 Å². The fourth-order valence-corrected chi connectivity index (χ4v) is 5.97. The highest BCUT2D eigenvalue weighted by Gasteiger charge is 2.29. The smallest absolute Gasteiger partial charge is 0.263 e. The molecule has 3 rings (SSSR count). The van der Waals surface area contributed by atoms with Gasteiger partial charge in [-0.3, -0.25) is 9.03 Å². The van der Waals surface area contributed by atoms with Crippen molar-refractivity contribution < 1.29 is 16.8 Å². The van der Waals surface area contributed by atoms with Gasteiger partial charge in [0.1, 0.15) is 4.90 Å². The number of anilines is 2. The molecule has 1 saturated heterocycles. The van der Waals surface area contributed by atoms with Gasteiger partial charge in [-0.15, -0.1) is 0 Å². The van der Waals surface area contributed by atoms with Crippen molar-refractivity contribution in [1.82, 2.24) is 0 Å². The van der Waals surface area contributed by atoms with E-state index in [1.165, 1.54) is 34.6 Å². The monoisotopic (exact) mass is 420 g/mol. The molecule has 2 aromatic rings. The van der Waals surface area contributed by atoms with Gasteiger partial charge in [-0.25, -0.2) is 16.8 Å². The van der Waals surface area contributed by atoms with E-state index in [2.05, 4.69) is 4.72 Å². The van der Waals surface area contributed by atoms with Gasteiger partial charge in [-0.05, 0) is 36.8 Å². The Labute approximate surface area is 156 Å². The second-order valence-corrected chi connectivity index (χ2v) is 9.92. The van der Waals surface area contributed by atoms with E-state index < -0.39 is 20.0 Å². The molecule has 0 spiro atoms. The van der Waals surface area contributed by atoms with Crippen LogP contribution in [-0.2, 0) is 20.0 Å². The highest BCUT2D eigenvalue weighted by molar-refractivity contribution is 7.93. The number of halogens is 2. The van der Waals surface area contributed by atoms with Crippen LogP contribution >= 0.6 is 23.2 Å². The quantitative estimate of drug-likeness (QED) is 0.821. The lowest BCUT2D eigenvalue weighted by atomic mass is 10.3. The molecule has 0 unspecified atom stereocenters. The van der Waals surface area contributed by atoms with Crippen LogP contribution in [0.1, 0.15) is 6.42 Å². The van der Waals surface area contributed by atoms with E-state index >= 15 is 0 Å². The molecule has 1 N–H and O–H groups in total. The van der Waals surface area contributed by atoms with Crippen LogP contribution in [0.5, 0.6) is 0 Å². The lowest BCUT2D eigenvalue weighted by Gasteiger charge is -2.18. The third-order valence-corrected chi connectivity index (χ3v) is 7.76. The lowest BCUT2D eigenvalue weighted by molar-refractivity contribution is 0.598. The SMILES string of the molecule is O=S(=O)(Nc1ccc(N2CCCS2(=O)=O)cc1Cl)c1ccccc1Cl. The van der Waals surface area contributed by atoms with Gasteiger partial charge in [0.05, 0.1) is 27.2 Å². The Balaban J connectivity index is 1.91. The molecule has 0 atom stereocenters. The lowest BCUT2D eigenvalue weighted by Crippen LogP contribution is -2.25. The summed E-state index contributed by atoms with van der Waals surface area (Å²) in [5, 5.41) is 0.182. The van der Waals surface area contributed by atoms with Crippen LogP contribution in [0.3, 0.4) is 0 Å². The Bertz CT molecular complexity index is 1020. The summed E-state index contributed by atoms with van der Waals surface area (Å²) in [5.74, 6) is 0.0888. The van der Waals surface area contributed by atoms with E-state index in [1.807, 2.05) is 0 Å². The van der Waals surface area contributed by atoms with Crippen molar-refractivity contribution in [3.8, 4) is 0 Å². The van der Waals surface area contributed by atoms with E-state index in [0.717, 1.165) is 0 Å². The maximum absolute atomic E-state index is 12.5. The van der Waals surface area contributed by atoms with Crippen molar-refractivity contribution in [3.63, 3.8) is 0 Å². The fourth-order valence-electron chi connectivity index (χ4n) is 2.53. The fraction of sp³-hybridized carbons (Fsp3) is 0.200. The standard InChI is InChI=1S/C15H14Cl2N2O4S2/c16-12-4-1-2-5-15(12)25(22,23)18-14-7-6-11(10-13(14)17)19-8-3-9-24(19,20)21/h1-2,4-7,10,18H,3,8-9H2. The van der Waals surface area contributed by atoms with Gasteiger partial charge in [0, 0.05) is 6.54 Å². The molecule has 1 heterocycles. The number of sulfonamides is 2. The minimum Gasteiger partial charge on any atom is -0.278 e. The first kappa shape index (κ1) is 18.3. The molecule has 0 radical (unpaired) electrons. The van der Waals surface area contributed by atoms with Crippen LogP contribution in [0.2, 0.25) is 10.0 Å². The summed E-state index contributed by atoms with van der Waals surface area (Å²) in [6, 6.07) is 10.4. The number of benzene rings is 2. The Morgan fingerprint density at radius 2 is 1.76 bits per heavy atom. The van der Waals surface area contributed by atoms with E-state index in [1.54, 1.807) is 12.1 Å². The molecule has 0 bridgehead atoms. The Hall–Kier alpha value is -1.48. The summed E-state index contributed by atoms with van der Waals surface area (Å²) in [5.41, 5.74) is 0.546. The third-order valence-electron chi connectivity index (χ3n) is 3.71. The summed E-state index contributed by atoms with van der Waals surface area (Å²) in [7, 11) is -7.25. The van der Waals surface area contributed by atoms with Crippen molar-refractivity contribution in [3.05, 3.63) is 52.5 Å². The van der Waals surface area contributed by atoms with E-state index in [4.69, 9.17) is 23.2 Å². The van der Waals surface area contributed by atoms with E-state index in [0.29, 0.717) is 18.7 Å². The van der Waals surface area contributed by atoms with Crippen LogP contribution in [0.4, 0.5) is 11.4 Å². The molecule has 1 aliphatic heterocycles. The average molecular weight is 421 g/mol. The summed E-state index contributed by atoms with van der Waals surface area (Å²) in [6.45, 7) is 0.378. The molecular weight excluding hydrogens is 407 g/mol. The molecule has 6 nitrogen and oxygen atoms in total. The summed E-state index contributed by atoms with van der Waals surface area (Å²) >= 11 is 12.1. The minimum absolute atomic E-state index is 0.0704. The number of nitrogens with one attached hydrogen (secondary N) is 1. The van der Waals surface area contributed by atoms with E-state index in [9.17, 15) is 16.8 Å². The third kappa shape index (κ3) is 3.72. The Morgan fingerprint density at radius 3 is 2.36 bits per heavy atom. The van der Waals surface area contributed by atoms with Crippen LogP contribution in [0.25, 0.3) is 0 Å². The van der Waals surface area contributed by atoms with Crippen molar-refractivity contribution >= 4 is 54.6 Å². The Kier molecular flexibility index (Phi) is 4.89. The van der Waals surface area contributed by atoms with Gasteiger partial charge in [0.15, 0.2) is 0 Å². The summed E-state index contributed by atoms with van der Waals surface area (Å²) in [6.07, 6.45) is 0.542. The molecule has 0 aromatic heterocycles. The molecule has 0 amide bonds. The molecule has 1 fully saturated rings. The van der Waals surface area contributed by atoms with Crippen LogP contribution in [-0.4, -0.2) is 29.1 Å². The first-order chi connectivity index (χ1) is 11.7. The topological polar surface area (TPSA) is 83.6 Å². The van der Waals surface area contributed by atoms with Crippen molar-refractivity contribution in [1.29, 1.82) is 0 Å². The van der Waals surface area contributed by atoms with E-state index in [-0.39, 0.29) is 26.4 Å². The predicted molar refractivity (Wildman–Crippen MR) is 99.5 cm³/mol. The maximum Gasteiger partial charge on any atom is 0.263 e. The zero-order valence-electron chi connectivity index (χ0n) is 12.8. The van der Waals surface area contributed by atoms with Crippen molar-refractivity contribution in [2.45, 2.75) is 11.3 Å². The van der Waals surface area contributed by atoms with Gasteiger partial charge in [-0.2, -0.15) is 0 Å². The second-order valence-electron chi connectivity index (χ2n) is 5.44. The first-order valence-corrected chi connectivity index (χ1v) is 11.1. The zero-order valence-corrected chi connectivity index (χ0v) is 16.0. The molecule has 25 heavy (non-hydrogen) atoms. The van der Waals surface area contributed by atoms with Crippen LogP contribution in [0.15, 0.2) is 47.4 Å². The molecule has 0 aliphatic carbocycles. The second kappa shape index (κ2) is 6.68. The predicted octanol–water partition coefficient (Wildman–Crippen LogP) is 3.33. The highest BCUT2D eigenvalue weighted by atomic mass is 35.5. The largest absolute Gasteiger partial charge is 0.278 e. The van der Waals surface area contributed by atoms with Crippen LogP contribution in [0, 0.1) is 0 Å². The normalized spacial score (nSPS) is 16.8. The summed E-state index contributed by atoms with van der Waals surface area (Å²) < 4.78 is 52.5. The molecule has 134 valence electrons. The Morgan fingerprint density at radius 1 is 1.04 bits per heavy atom. The van der Waals surface area contributed by atoms with Gasteiger partial charge in [-0.1, -0.05) is 35.3 Å². The molecular formula is C15H14Cl2N2O4S2. The van der Waals surface area contributed by atoms with Gasteiger partial charge >= 0.3 is 0 Å². The minimum atomic E-state index is -3.92. The zero-order chi connectivity index (χ0) is 18.2. The average Bonchev–Trinajstić information content (AvgIpc) is 2.89. The number of rotatable bonds is 4. The number of nitrogens with zero attached hydrogens (tertiary/aromatic N) is 1. The number of hydrogen-bond donors (Lipinski definition) is 1. The maximum atomic E-state index is 12.5. The van der Waals surface area contributed by atoms with Gasteiger partial charge in [0.2, 0.25) is 10.0 Å².